The van der Waals surface area contributed by atoms with E-state index < -0.39 is 26.7 Å². The summed E-state index contributed by atoms with van der Waals surface area (Å²) in [5.74, 6) is 1.36. The monoisotopic (exact) mass is 499 g/mol. The van der Waals surface area contributed by atoms with Gasteiger partial charge in [-0.1, -0.05) is 12.5 Å². The average Bonchev–Trinajstić information content (AvgIpc) is 3.04. The molecular weight excluding hydrogens is 471 g/mol. The predicted octanol–water partition coefficient (Wildman–Crippen LogP) is 2.78. The number of hydrogen-bond acceptors (Lipinski definition) is 5. The second kappa shape index (κ2) is 10.0. The lowest BCUT2D eigenvalue weighted by atomic mass is 9.97. The molecule has 8 nitrogen and oxygen atoms in total. The number of piperidine rings is 1. The summed E-state index contributed by atoms with van der Waals surface area (Å²) in [7, 11) is -4.07. The average molecular weight is 500 g/mol. The normalized spacial score (nSPS) is 18.3. The molecular formula is C22H28F3N5O3S. The molecule has 0 atom stereocenters. The van der Waals surface area contributed by atoms with Crippen molar-refractivity contribution >= 4 is 15.9 Å². The van der Waals surface area contributed by atoms with E-state index in [9.17, 15) is 26.4 Å². The van der Waals surface area contributed by atoms with Crippen molar-refractivity contribution in [2.75, 3.05) is 19.6 Å². The number of nitrogens with one attached hydrogen (secondary N) is 1. The molecule has 1 fully saturated rings. The number of alkyl halides is 3. The van der Waals surface area contributed by atoms with Crippen molar-refractivity contribution in [2.24, 2.45) is 5.92 Å². The van der Waals surface area contributed by atoms with Crippen molar-refractivity contribution in [3.63, 3.8) is 0 Å². The number of sulfonamides is 1. The van der Waals surface area contributed by atoms with Gasteiger partial charge in [0, 0.05) is 44.9 Å². The van der Waals surface area contributed by atoms with Crippen LogP contribution in [0, 0.1) is 5.92 Å². The topological polar surface area (TPSA) is 97.2 Å². The third-order valence-electron chi connectivity index (χ3n) is 6.46. The summed E-state index contributed by atoms with van der Waals surface area (Å²) in [6, 6.07) is 3.74. The number of aromatic nitrogens is 3. The zero-order valence-corrected chi connectivity index (χ0v) is 19.5. The number of halogens is 3. The summed E-state index contributed by atoms with van der Waals surface area (Å²) in [6.45, 7) is 1.47. The van der Waals surface area contributed by atoms with E-state index in [1.807, 2.05) is 0 Å². The van der Waals surface area contributed by atoms with Crippen molar-refractivity contribution in [2.45, 2.75) is 62.6 Å². The van der Waals surface area contributed by atoms with Gasteiger partial charge in [-0.25, -0.2) is 8.42 Å². The summed E-state index contributed by atoms with van der Waals surface area (Å²) < 4.78 is 67.9. The maximum Gasteiger partial charge on any atom is 0.416 e. The smallest absolute Gasteiger partial charge is 0.355 e. The van der Waals surface area contributed by atoms with Crippen LogP contribution in [0.4, 0.5) is 13.2 Å². The first kappa shape index (κ1) is 24.6. The molecule has 4 rings (SSSR count). The number of fused-ring (bicyclic) bond motifs is 1. The molecule has 0 unspecified atom stereocenters. The largest absolute Gasteiger partial charge is 0.416 e. The lowest BCUT2D eigenvalue weighted by Crippen LogP contribution is -2.43. The summed E-state index contributed by atoms with van der Waals surface area (Å²) in [5.41, 5.74) is -1.01. The minimum atomic E-state index is -4.62. The Bertz CT molecular complexity index is 1130. The molecule has 0 spiro atoms. The zero-order valence-electron chi connectivity index (χ0n) is 18.7. The van der Waals surface area contributed by atoms with E-state index in [-0.39, 0.29) is 24.9 Å². The first-order valence-corrected chi connectivity index (χ1v) is 13.0. The number of nitrogens with zero attached hydrogens (tertiary/aromatic N) is 4. The highest BCUT2D eigenvalue weighted by atomic mass is 32.2. The molecule has 0 aliphatic carbocycles. The molecule has 1 aromatic heterocycles. The van der Waals surface area contributed by atoms with Crippen LogP contribution in [0.1, 0.15) is 49.3 Å². The molecule has 3 heterocycles. The van der Waals surface area contributed by atoms with E-state index in [4.69, 9.17) is 0 Å². The van der Waals surface area contributed by atoms with Crippen molar-refractivity contribution in [3.8, 4) is 0 Å². The number of amides is 1. The number of benzene rings is 1. The molecule has 12 heteroatoms. The maximum atomic E-state index is 13.0. The molecule has 1 amide bonds. The van der Waals surface area contributed by atoms with Gasteiger partial charge >= 0.3 is 6.18 Å². The second-order valence-electron chi connectivity index (χ2n) is 8.74. The van der Waals surface area contributed by atoms with Gasteiger partial charge in [0.05, 0.1) is 10.5 Å². The first-order valence-electron chi connectivity index (χ1n) is 11.5. The van der Waals surface area contributed by atoms with E-state index >= 15 is 0 Å². The lowest BCUT2D eigenvalue weighted by molar-refractivity contribution is -0.137. The van der Waals surface area contributed by atoms with Crippen molar-refractivity contribution in [1.82, 2.24) is 24.4 Å². The number of hydrogen-bond donors (Lipinski definition) is 1. The fourth-order valence-electron chi connectivity index (χ4n) is 4.51. The van der Waals surface area contributed by atoms with Gasteiger partial charge in [0.1, 0.15) is 11.6 Å². The minimum Gasteiger partial charge on any atom is -0.355 e. The first-order chi connectivity index (χ1) is 16.2. The molecule has 0 saturated carbocycles. The van der Waals surface area contributed by atoms with Gasteiger partial charge < -0.3 is 9.88 Å². The lowest BCUT2D eigenvalue weighted by Gasteiger charge is -2.30. The minimum absolute atomic E-state index is 0.0777. The fraction of sp³-hybridized carbons (Fsp3) is 0.591. The molecule has 34 heavy (non-hydrogen) atoms. The molecule has 0 radical (unpaired) electrons. The van der Waals surface area contributed by atoms with Crippen molar-refractivity contribution in [1.29, 1.82) is 0 Å². The van der Waals surface area contributed by atoms with E-state index in [0.29, 0.717) is 31.9 Å². The van der Waals surface area contributed by atoms with Gasteiger partial charge in [0.15, 0.2) is 0 Å². The summed E-state index contributed by atoms with van der Waals surface area (Å²) in [4.78, 5) is 12.2. The van der Waals surface area contributed by atoms with Crippen LogP contribution in [0.5, 0.6) is 0 Å². The van der Waals surface area contributed by atoms with Crippen LogP contribution in [0.2, 0.25) is 0 Å². The Labute approximate surface area is 196 Å². The number of aryl methyl sites for hydroxylation is 1. The van der Waals surface area contributed by atoms with Crippen LogP contribution in [-0.4, -0.2) is 53.0 Å². The quantitative estimate of drug-likeness (QED) is 0.659. The van der Waals surface area contributed by atoms with Crippen molar-refractivity contribution in [3.05, 3.63) is 41.5 Å². The third-order valence-corrected chi connectivity index (χ3v) is 8.35. The van der Waals surface area contributed by atoms with Crippen LogP contribution >= 0.6 is 0 Å². The van der Waals surface area contributed by atoms with E-state index in [0.717, 1.165) is 60.0 Å². The summed E-state index contributed by atoms with van der Waals surface area (Å²) in [6.07, 6.45) is 0.851. The Balaban J connectivity index is 1.29. The molecule has 186 valence electrons. The Morgan fingerprint density at radius 1 is 1.09 bits per heavy atom. The van der Waals surface area contributed by atoms with Gasteiger partial charge in [0.2, 0.25) is 15.9 Å². The zero-order chi connectivity index (χ0) is 24.3. The molecule has 2 aliphatic heterocycles. The summed E-state index contributed by atoms with van der Waals surface area (Å²) in [5, 5.41) is 11.4. The molecule has 2 aliphatic rings. The van der Waals surface area contributed by atoms with Crippen LogP contribution in [0.25, 0.3) is 0 Å². The second-order valence-corrected chi connectivity index (χ2v) is 10.7. The Morgan fingerprint density at radius 2 is 1.85 bits per heavy atom. The number of carbonyl (C=O) groups is 1. The van der Waals surface area contributed by atoms with Gasteiger partial charge in [-0.2, -0.15) is 17.5 Å². The molecule has 1 saturated heterocycles. The predicted molar refractivity (Wildman–Crippen MR) is 117 cm³/mol. The van der Waals surface area contributed by atoms with Crippen molar-refractivity contribution < 1.29 is 26.4 Å². The Kier molecular flexibility index (Phi) is 7.27. The highest BCUT2D eigenvalue weighted by molar-refractivity contribution is 7.89. The highest BCUT2D eigenvalue weighted by Gasteiger charge is 2.35. The molecule has 0 bridgehead atoms. The van der Waals surface area contributed by atoms with Crippen LogP contribution < -0.4 is 5.32 Å². The van der Waals surface area contributed by atoms with Crippen LogP contribution in [0.15, 0.2) is 29.2 Å². The van der Waals surface area contributed by atoms with Gasteiger partial charge in [0.25, 0.3) is 0 Å². The van der Waals surface area contributed by atoms with E-state index in [1.165, 1.54) is 6.42 Å². The molecule has 1 N–H and O–H groups in total. The maximum absolute atomic E-state index is 13.0. The van der Waals surface area contributed by atoms with E-state index in [2.05, 4.69) is 20.1 Å². The number of carbonyl (C=O) groups excluding carboxylic acids is 1. The number of rotatable bonds is 6. The Morgan fingerprint density at radius 3 is 2.59 bits per heavy atom. The third kappa shape index (κ3) is 5.43. The van der Waals surface area contributed by atoms with Gasteiger partial charge in [-0.05, 0) is 43.9 Å². The fourth-order valence-corrected chi connectivity index (χ4v) is 6.03. The SMILES string of the molecule is O=C(NCCc1nnc2n1CCCCC2)C1CCN(S(=O)(=O)c2cccc(C(F)(F)F)c2)CC1. The highest BCUT2D eigenvalue weighted by Crippen LogP contribution is 2.32. The van der Waals surface area contributed by atoms with Gasteiger partial charge in [-0.3, -0.25) is 4.79 Å². The van der Waals surface area contributed by atoms with Gasteiger partial charge in [-0.15, -0.1) is 10.2 Å². The van der Waals surface area contributed by atoms with Crippen LogP contribution in [-0.2, 0) is 40.4 Å². The Hall–Kier alpha value is -2.47. The van der Waals surface area contributed by atoms with Crippen LogP contribution in [0.3, 0.4) is 0 Å². The van der Waals surface area contributed by atoms with E-state index in [1.54, 1.807) is 0 Å². The molecule has 1 aromatic carbocycles. The molecule has 2 aromatic rings. The summed E-state index contributed by atoms with van der Waals surface area (Å²) >= 11 is 0. The standard InChI is InChI=1S/C22H28F3N5O3S/c23-22(24,25)17-5-4-6-18(15-17)34(32,33)29-13-9-16(10-14-29)21(31)26-11-8-20-28-27-19-7-2-1-3-12-30(19)20/h4-6,15-16H,1-3,7-14H2,(H,26,31).